The van der Waals surface area contributed by atoms with Crippen LogP contribution in [0, 0.1) is 0 Å². The van der Waals surface area contributed by atoms with Gasteiger partial charge in [0.25, 0.3) is 5.91 Å². The zero-order valence-electron chi connectivity index (χ0n) is 15.0. The minimum atomic E-state index is -0.170. The number of amides is 1. The smallest absolute Gasteiger partial charge is 0.280 e. The Balaban J connectivity index is 1.59. The summed E-state index contributed by atoms with van der Waals surface area (Å²) >= 11 is 1.29. The molecular weight excluding hydrogens is 354 g/mol. The lowest BCUT2D eigenvalue weighted by atomic mass is 10.3. The highest BCUT2D eigenvalue weighted by atomic mass is 32.1. The Morgan fingerprint density at radius 2 is 2.19 bits per heavy atom. The molecule has 1 fully saturated rings. The number of rotatable bonds is 7. The lowest BCUT2D eigenvalue weighted by Crippen LogP contribution is -2.46. The molecule has 140 valence electrons. The van der Waals surface area contributed by atoms with Gasteiger partial charge < -0.3 is 14.8 Å². The van der Waals surface area contributed by atoms with Gasteiger partial charge >= 0.3 is 0 Å². The van der Waals surface area contributed by atoms with E-state index < -0.39 is 0 Å². The molecule has 0 radical (unpaired) electrons. The molecule has 0 aromatic carbocycles. The quantitative estimate of drug-likeness (QED) is 0.781. The first-order valence-electron chi connectivity index (χ1n) is 8.67. The molecule has 0 unspecified atom stereocenters. The average molecular weight is 377 g/mol. The minimum Gasteiger partial charge on any atom is -0.477 e. The van der Waals surface area contributed by atoms with E-state index in [2.05, 4.69) is 25.2 Å². The summed E-state index contributed by atoms with van der Waals surface area (Å²) < 4.78 is 10.7. The number of thiazole rings is 1. The maximum atomic E-state index is 12.4. The SMILES string of the molecule is CCOc1cncc(-c2cnc(C(=O)N[C@H](C)CN3CCOCC3)s2)n1. The van der Waals surface area contributed by atoms with Gasteiger partial charge in [0.1, 0.15) is 5.69 Å². The van der Waals surface area contributed by atoms with E-state index in [1.54, 1.807) is 18.6 Å². The summed E-state index contributed by atoms with van der Waals surface area (Å²) in [6.45, 7) is 8.51. The molecule has 9 heteroatoms. The van der Waals surface area contributed by atoms with Crippen LogP contribution in [0.2, 0.25) is 0 Å². The molecule has 0 aliphatic carbocycles. The third-order valence-electron chi connectivity index (χ3n) is 3.87. The van der Waals surface area contributed by atoms with Crippen LogP contribution in [-0.4, -0.2) is 71.3 Å². The number of aromatic nitrogens is 3. The Bertz CT molecular complexity index is 733. The predicted molar refractivity (Wildman–Crippen MR) is 98.5 cm³/mol. The predicted octanol–water partition coefficient (Wildman–Crippen LogP) is 1.45. The molecule has 1 saturated heterocycles. The summed E-state index contributed by atoms with van der Waals surface area (Å²) in [5.74, 6) is 0.291. The normalized spacial score (nSPS) is 16.2. The van der Waals surface area contributed by atoms with Crippen LogP contribution < -0.4 is 10.1 Å². The van der Waals surface area contributed by atoms with Crippen molar-refractivity contribution >= 4 is 17.2 Å². The highest BCUT2D eigenvalue weighted by Gasteiger charge is 2.18. The van der Waals surface area contributed by atoms with Crippen LogP contribution >= 0.6 is 11.3 Å². The van der Waals surface area contributed by atoms with Gasteiger partial charge in [0.05, 0.1) is 37.1 Å². The number of hydrogen-bond donors (Lipinski definition) is 1. The van der Waals surface area contributed by atoms with E-state index in [0.29, 0.717) is 23.2 Å². The Hall–Kier alpha value is -2.10. The van der Waals surface area contributed by atoms with Gasteiger partial charge in [0.2, 0.25) is 5.88 Å². The van der Waals surface area contributed by atoms with Crippen molar-refractivity contribution in [2.45, 2.75) is 19.9 Å². The van der Waals surface area contributed by atoms with Crippen molar-refractivity contribution in [1.82, 2.24) is 25.2 Å². The molecule has 2 aromatic heterocycles. The van der Waals surface area contributed by atoms with Crippen molar-refractivity contribution in [2.75, 3.05) is 39.5 Å². The van der Waals surface area contributed by atoms with Gasteiger partial charge in [-0.15, -0.1) is 11.3 Å². The zero-order chi connectivity index (χ0) is 18.4. The topological polar surface area (TPSA) is 89.5 Å². The van der Waals surface area contributed by atoms with Gasteiger partial charge in [-0.3, -0.25) is 14.7 Å². The molecular formula is C17H23N5O3S. The van der Waals surface area contributed by atoms with Gasteiger partial charge in [-0.2, -0.15) is 0 Å². The number of nitrogens with zero attached hydrogens (tertiary/aromatic N) is 4. The second kappa shape index (κ2) is 9.02. The summed E-state index contributed by atoms with van der Waals surface area (Å²) in [5.41, 5.74) is 0.647. The summed E-state index contributed by atoms with van der Waals surface area (Å²) in [7, 11) is 0. The van der Waals surface area contributed by atoms with Gasteiger partial charge in [-0.05, 0) is 13.8 Å². The maximum absolute atomic E-state index is 12.4. The number of carbonyl (C=O) groups is 1. The zero-order valence-corrected chi connectivity index (χ0v) is 15.8. The second-order valence-corrected chi connectivity index (χ2v) is 7.02. The number of ether oxygens (including phenoxy) is 2. The Morgan fingerprint density at radius 1 is 1.38 bits per heavy atom. The first-order chi connectivity index (χ1) is 12.7. The number of morpholine rings is 1. The van der Waals surface area contributed by atoms with Crippen molar-refractivity contribution in [2.24, 2.45) is 0 Å². The van der Waals surface area contributed by atoms with Crippen LogP contribution in [0.1, 0.15) is 23.6 Å². The van der Waals surface area contributed by atoms with Crippen LogP contribution in [0.25, 0.3) is 10.6 Å². The highest BCUT2D eigenvalue weighted by molar-refractivity contribution is 7.16. The molecule has 0 saturated carbocycles. The summed E-state index contributed by atoms with van der Waals surface area (Å²) in [6.07, 6.45) is 4.85. The monoisotopic (exact) mass is 377 g/mol. The molecule has 3 rings (SSSR count). The van der Waals surface area contributed by atoms with Gasteiger partial charge in [0.15, 0.2) is 5.01 Å². The lowest BCUT2D eigenvalue weighted by Gasteiger charge is -2.29. The lowest BCUT2D eigenvalue weighted by molar-refractivity contribution is 0.0342. The van der Waals surface area contributed by atoms with Gasteiger partial charge in [-0.1, -0.05) is 0 Å². The van der Waals surface area contributed by atoms with Crippen molar-refractivity contribution in [1.29, 1.82) is 0 Å². The Labute approximate surface area is 156 Å². The molecule has 1 aliphatic heterocycles. The first-order valence-corrected chi connectivity index (χ1v) is 9.49. The molecule has 8 nitrogen and oxygen atoms in total. The molecule has 3 heterocycles. The largest absolute Gasteiger partial charge is 0.477 e. The Kier molecular flexibility index (Phi) is 6.48. The number of hydrogen-bond acceptors (Lipinski definition) is 8. The van der Waals surface area contributed by atoms with Gasteiger partial charge in [-0.25, -0.2) is 9.97 Å². The Morgan fingerprint density at radius 3 is 2.96 bits per heavy atom. The van der Waals surface area contributed by atoms with E-state index in [0.717, 1.165) is 37.7 Å². The van der Waals surface area contributed by atoms with Gasteiger partial charge in [0, 0.05) is 31.9 Å². The summed E-state index contributed by atoms with van der Waals surface area (Å²) in [5, 5.41) is 3.42. The molecule has 1 amide bonds. The summed E-state index contributed by atoms with van der Waals surface area (Å²) in [6, 6.07) is 0.0361. The fourth-order valence-electron chi connectivity index (χ4n) is 2.68. The van der Waals surface area contributed by atoms with Crippen LogP contribution in [0.4, 0.5) is 0 Å². The molecule has 1 N–H and O–H groups in total. The molecule has 0 spiro atoms. The molecule has 1 aliphatic rings. The van der Waals surface area contributed by atoms with Crippen molar-refractivity contribution < 1.29 is 14.3 Å². The van der Waals surface area contributed by atoms with E-state index in [1.165, 1.54) is 11.3 Å². The third kappa shape index (κ3) is 4.96. The van der Waals surface area contributed by atoms with E-state index in [1.807, 2.05) is 13.8 Å². The second-order valence-electron chi connectivity index (χ2n) is 5.99. The highest BCUT2D eigenvalue weighted by Crippen LogP contribution is 2.25. The fraction of sp³-hybridized carbons (Fsp3) is 0.529. The van der Waals surface area contributed by atoms with E-state index >= 15 is 0 Å². The molecule has 2 aromatic rings. The van der Waals surface area contributed by atoms with Crippen LogP contribution in [0.5, 0.6) is 5.88 Å². The fourth-order valence-corrected chi connectivity index (χ4v) is 3.46. The van der Waals surface area contributed by atoms with E-state index in [-0.39, 0.29) is 11.9 Å². The molecule has 1 atom stereocenters. The van der Waals surface area contributed by atoms with E-state index in [4.69, 9.17) is 9.47 Å². The standard InChI is InChI=1S/C17H23N5O3S/c1-3-25-15-10-18-8-13(21-15)14-9-19-17(26-14)16(23)20-12(2)11-22-4-6-24-7-5-22/h8-10,12H,3-7,11H2,1-2H3,(H,20,23)/t12-/m1/s1. The number of nitrogens with one attached hydrogen (secondary N) is 1. The molecule has 0 bridgehead atoms. The average Bonchev–Trinajstić information content (AvgIpc) is 3.13. The van der Waals surface area contributed by atoms with Crippen LogP contribution in [-0.2, 0) is 4.74 Å². The minimum absolute atomic E-state index is 0.0361. The number of carbonyl (C=O) groups excluding carboxylic acids is 1. The summed E-state index contributed by atoms with van der Waals surface area (Å²) in [4.78, 5) is 28.2. The molecule has 26 heavy (non-hydrogen) atoms. The first kappa shape index (κ1) is 18.7. The third-order valence-corrected chi connectivity index (χ3v) is 4.89. The van der Waals surface area contributed by atoms with Crippen LogP contribution in [0.15, 0.2) is 18.6 Å². The van der Waals surface area contributed by atoms with Crippen LogP contribution in [0.3, 0.4) is 0 Å². The maximum Gasteiger partial charge on any atom is 0.280 e. The van der Waals surface area contributed by atoms with Crippen molar-refractivity contribution in [3.8, 4) is 16.5 Å². The van der Waals surface area contributed by atoms with E-state index in [9.17, 15) is 4.79 Å². The van der Waals surface area contributed by atoms with Crippen molar-refractivity contribution in [3.63, 3.8) is 0 Å². The van der Waals surface area contributed by atoms with Crippen molar-refractivity contribution in [3.05, 3.63) is 23.6 Å².